The summed E-state index contributed by atoms with van der Waals surface area (Å²) in [4.78, 5) is 81.6. The molecule has 3 amide bonds. The Kier molecular flexibility index (Phi) is 15.6. The first kappa shape index (κ1) is 42.8. The molecular formula is C34H39Cl3N3O11P. The highest BCUT2D eigenvalue weighted by molar-refractivity contribution is 7.51. The van der Waals surface area contributed by atoms with E-state index in [4.69, 9.17) is 59.3 Å². The summed E-state index contributed by atoms with van der Waals surface area (Å²) in [6, 6.07) is 12.2. The molecule has 3 aliphatic rings. The third-order valence-electron chi connectivity index (χ3n) is 7.63. The predicted molar refractivity (Wildman–Crippen MR) is 194 cm³/mol. The molecule has 52 heavy (non-hydrogen) atoms. The van der Waals surface area contributed by atoms with Gasteiger partial charge in [0.15, 0.2) is 0 Å². The summed E-state index contributed by atoms with van der Waals surface area (Å²) >= 11 is 18.2. The van der Waals surface area contributed by atoms with Gasteiger partial charge in [-0.3, -0.25) is 33.9 Å². The Morgan fingerprint density at radius 1 is 1.02 bits per heavy atom. The number of carboxylic acids is 1. The van der Waals surface area contributed by atoms with E-state index in [0.29, 0.717) is 58.4 Å². The minimum Gasteiger partial charge on any atom is -0.480 e. The van der Waals surface area contributed by atoms with Crippen LogP contribution < -0.4 is 10.2 Å². The van der Waals surface area contributed by atoms with Gasteiger partial charge in [-0.2, -0.15) is 0 Å². The monoisotopic (exact) mass is 801 g/mol. The van der Waals surface area contributed by atoms with Gasteiger partial charge in [0.05, 0.1) is 43.7 Å². The number of hydrogen-bond donors (Lipinski definition) is 4. The molecule has 2 aromatic rings. The molecule has 18 heteroatoms. The second-order valence-corrected chi connectivity index (χ2v) is 15.1. The SMILES string of the molecule is CC1(C)CON(Cc2ccccc2Cl)C1=O.CCOC(=O)/C(Cl)=C/c1cc(N2C(=O)C3=C(CCCC3)C2=O)ccc1Cl.O=C(O)CNCP(=O)(O)O. The lowest BCUT2D eigenvalue weighted by molar-refractivity contribution is -0.165. The van der Waals surface area contributed by atoms with Gasteiger partial charge in [-0.15, -0.1) is 0 Å². The zero-order valence-corrected chi connectivity index (χ0v) is 31.7. The first-order chi connectivity index (χ1) is 24.4. The van der Waals surface area contributed by atoms with E-state index in [-0.39, 0.29) is 29.4 Å². The Hall–Kier alpha value is -3.59. The molecule has 5 rings (SSSR count). The fourth-order valence-electron chi connectivity index (χ4n) is 5.05. The number of benzene rings is 2. The van der Waals surface area contributed by atoms with Crippen LogP contribution in [-0.4, -0.2) is 75.7 Å². The van der Waals surface area contributed by atoms with Crippen LogP contribution in [0.2, 0.25) is 10.0 Å². The number of aliphatic carboxylic acids is 1. The molecule has 0 saturated carbocycles. The van der Waals surface area contributed by atoms with Crippen molar-refractivity contribution in [1.29, 1.82) is 0 Å². The van der Waals surface area contributed by atoms with Crippen molar-refractivity contribution in [3.8, 4) is 0 Å². The van der Waals surface area contributed by atoms with Crippen molar-refractivity contribution in [2.24, 2.45) is 5.41 Å². The molecule has 1 saturated heterocycles. The summed E-state index contributed by atoms with van der Waals surface area (Å²) < 4.78 is 14.9. The van der Waals surface area contributed by atoms with E-state index in [1.54, 1.807) is 25.1 Å². The molecule has 0 spiro atoms. The molecule has 0 unspecified atom stereocenters. The third-order valence-corrected chi connectivity index (χ3v) is 9.25. The quantitative estimate of drug-likeness (QED) is 0.0996. The number of carboxylic acid groups (broad SMARTS) is 1. The number of carbonyl (C=O) groups excluding carboxylic acids is 4. The number of hydrogen-bond acceptors (Lipinski definition) is 9. The molecule has 2 heterocycles. The highest BCUT2D eigenvalue weighted by Crippen LogP contribution is 2.37. The summed E-state index contributed by atoms with van der Waals surface area (Å²) in [6.07, 6.45) is 3.85. The van der Waals surface area contributed by atoms with Crippen molar-refractivity contribution in [3.63, 3.8) is 0 Å². The lowest BCUT2D eigenvalue weighted by Crippen LogP contribution is -2.31. The lowest BCUT2D eigenvalue weighted by Gasteiger charge is -2.16. The number of carbonyl (C=O) groups is 5. The molecule has 1 aliphatic carbocycles. The van der Waals surface area contributed by atoms with Crippen LogP contribution in [0.4, 0.5) is 5.69 Å². The van der Waals surface area contributed by atoms with E-state index in [0.717, 1.165) is 18.4 Å². The van der Waals surface area contributed by atoms with Gasteiger partial charge in [0.2, 0.25) is 0 Å². The average molecular weight is 803 g/mol. The van der Waals surface area contributed by atoms with Crippen LogP contribution in [0.15, 0.2) is 58.6 Å². The molecule has 2 aromatic carbocycles. The lowest BCUT2D eigenvalue weighted by atomic mass is 9.93. The maximum Gasteiger partial charge on any atom is 0.349 e. The Morgan fingerprint density at radius 3 is 2.15 bits per heavy atom. The van der Waals surface area contributed by atoms with Gasteiger partial charge in [0.1, 0.15) is 5.03 Å². The molecule has 1 fully saturated rings. The van der Waals surface area contributed by atoms with Gasteiger partial charge in [-0.1, -0.05) is 53.0 Å². The third kappa shape index (κ3) is 12.0. The summed E-state index contributed by atoms with van der Waals surface area (Å²) in [7, 11) is -4.10. The number of rotatable bonds is 10. The number of anilines is 1. The van der Waals surface area contributed by atoms with Gasteiger partial charge in [-0.05, 0) is 87.9 Å². The number of amides is 3. The topological polar surface area (TPSA) is 200 Å². The number of halogens is 3. The van der Waals surface area contributed by atoms with E-state index in [9.17, 15) is 28.5 Å². The van der Waals surface area contributed by atoms with Crippen molar-refractivity contribution >= 4 is 83.8 Å². The van der Waals surface area contributed by atoms with Crippen molar-refractivity contribution < 1.29 is 53.0 Å². The first-order valence-electron chi connectivity index (χ1n) is 16.0. The number of nitrogens with one attached hydrogen (secondary N) is 1. The van der Waals surface area contributed by atoms with Crippen molar-refractivity contribution in [1.82, 2.24) is 10.4 Å². The number of esters is 1. The first-order valence-corrected chi connectivity index (χ1v) is 18.9. The van der Waals surface area contributed by atoms with Gasteiger partial charge in [0.25, 0.3) is 17.7 Å². The standard InChI is InChI=1S/C19H17Cl2NO4.C12H14ClNO2.C3H8NO5P/c1-2-26-19(25)16(21)10-11-9-12(7-8-15(11)20)22-17(23)13-5-3-4-6-14(13)18(22)24;1-12(2)8-16-14(11(12)15)7-9-5-3-4-6-10(9)13;5-3(6)1-4-2-10(7,8)9/h7-10H,2-6H2,1H3;3-6H,7-8H2,1-2H3;4H,1-2H2,(H,5,6)(H2,7,8,9)/b16-10-;;. The van der Waals surface area contributed by atoms with Crippen LogP contribution in [0.25, 0.3) is 6.08 Å². The fourth-order valence-corrected chi connectivity index (χ4v) is 6.00. The summed E-state index contributed by atoms with van der Waals surface area (Å²) in [6.45, 7) is 6.02. The Balaban J connectivity index is 0.000000238. The predicted octanol–water partition coefficient (Wildman–Crippen LogP) is 5.66. The van der Waals surface area contributed by atoms with Crippen LogP contribution in [-0.2, 0) is 44.7 Å². The van der Waals surface area contributed by atoms with Crippen LogP contribution in [0.5, 0.6) is 0 Å². The molecule has 0 aromatic heterocycles. The molecule has 0 atom stereocenters. The molecule has 0 radical (unpaired) electrons. The van der Waals surface area contributed by atoms with E-state index < -0.39 is 37.8 Å². The number of ether oxygens (including phenoxy) is 1. The molecule has 2 aliphatic heterocycles. The fraction of sp³-hybridized carbons (Fsp3) is 0.382. The summed E-state index contributed by atoms with van der Waals surface area (Å²) in [5.74, 6) is -2.36. The van der Waals surface area contributed by atoms with Crippen molar-refractivity contribution in [3.05, 3.63) is 79.8 Å². The Labute approximate surface area is 315 Å². The van der Waals surface area contributed by atoms with Gasteiger partial charge >= 0.3 is 19.5 Å². The average Bonchev–Trinajstić information content (AvgIpc) is 3.48. The van der Waals surface area contributed by atoms with Gasteiger partial charge in [-0.25, -0.2) is 14.8 Å². The van der Waals surface area contributed by atoms with Crippen molar-refractivity contribution in [2.45, 2.75) is 53.0 Å². The van der Waals surface area contributed by atoms with E-state index in [2.05, 4.69) is 5.32 Å². The molecule has 0 bridgehead atoms. The second-order valence-electron chi connectivity index (χ2n) is 12.3. The van der Waals surface area contributed by atoms with Crippen molar-refractivity contribution in [2.75, 3.05) is 30.9 Å². The van der Waals surface area contributed by atoms with Gasteiger partial charge in [0, 0.05) is 21.2 Å². The smallest absolute Gasteiger partial charge is 0.349 e. The summed E-state index contributed by atoms with van der Waals surface area (Å²) in [5, 5.41) is 12.3. The van der Waals surface area contributed by atoms with Crippen LogP contribution in [0.3, 0.4) is 0 Å². The molecule has 282 valence electrons. The zero-order chi connectivity index (χ0) is 38.8. The minimum atomic E-state index is -4.10. The highest BCUT2D eigenvalue weighted by atomic mass is 35.5. The second kappa shape index (κ2) is 18.9. The van der Waals surface area contributed by atoms with E-state index in [1.165, 1.54) is 16.0 Å². The molecule has 4 N–H and O–H groups in total. The largest absolute Gasteiger partial charge is 0.480 e. The van der Waals surface area contributed by atoms with Crippen LogP contribution in [0.1, 0.15) is 57.6 Å². The molecule has 14 nitrogen and oxygen atoms in total. The summed E-state index contributed by atoms with van der Waals surface area (Å²) in [5.41, 5.74) is 2.51. The number of hydroxylamine groups is 2. The van der Waals surface area contributed by atoms with E-state index in [1.807, 2.05) is 38.1 Å². The Morgan fingerprint density at radius 2 is 1.63 bits per heavy atom. The molecular weight excluding hydrogens is 764 g/mol. The van der Waals surface area contributed by atoms with E-state index >= 15 is 0 Å². The van der Waals surface area contributed by atoms with Crippen LogP contribution >= 0.6 is 42.4 Å². The minimum absolute atomic E-state index is 0.00687. The maximum absolute atomic E-state index is 12.7. The van der Waals surface area contributed by atoms with Crippen LogP contribution in [0, 0.1) is 5.41 Å². The number of imide groups is 1. The normalized spacial score (nSPS) is 16.9. The zero-order valence-electron chi connectivity index (χ0n) is 28.6. The Bertz CT molecular complexity index is 1780. The highest BCUT2D eigenvalue weighted by Gasteiger charge is 2.41. The van der Waals surface area contributed by atoms with Gasteiger partial charge < -0.3 is 19.6 Å². The maximum atomic E-state index is 12.7. The number of nitrogens with zero attached hydrogens (tertiary/aromatic N) is 2.